The second kappa shape index (κ2) is 53.2. The second-order valence-corrected chi connectivity index (χ2v) is 35.0. The third kappa shape index (κ3) is 33.9. The van der Waals surface area contributed by atoms with E-state index in [2.05, 4.69) is 80.2 Å². The quantitative estimate of drug-likeness (QED) is 0.00860. The highest BCUT2D eigenvalue weighted by atomic mass is 31.2. The highest BCUT2D eigenvalue weighted by Crippen LogP contribution is 2.46. The van der Waals surface area contributed by atoms with Crippen molar-refractivity contribution in [2.45, 2.75) is 185 Å². The topological polar surface area (TPSA) is 632 Å². The van der Waals surface area contributed by atoms with Crippen LogP contribution in [0.25, 0.3) is 44.7 Å². The Morgan fingerprint density at radius 2 is 0.615 bits per heavy atom. The smallest absolute Gasteiger partial charge is 0.323 e. The van der Waals surface area contributed by atoms with Crippen LogP contribution in [0.4, 0.5) is 23.8 Å². The van der Waals surface area contributed by atoms with Crippen molar-refractivity contribution in [2.24, 2.45) is 0 Å². The number of hydrogen-bond donors (Lipinski definition) is 10. The van der Waals surface area contributed by atoms with Crippen LogP contribution >= 0.6 is 30.1 Å². The molecular formula is C70H120N24O24P4. The Hall–Kier alpha value is -9.08. The average molecular weight is 1810 g/mol. The molecule has 0 aliphatic carbocycles. The first-order chi connectivity index (χ1) is 58.2. The number of nitrogens with one attached hydrogen (secondary N) is 6. The number of anilines is 4. The maximum atomic E-state index is 13.2. The fourth-order valence-corrected chi connectivity index (χ4v) is 17.3. The predicted octanol–water partition coefficient (Wildman–Crippen LogP) is 6.34. The first-order valence-electron chi connectivity index (χ1n) is 39.7. The molecule has 0 saturated carbocycles. The summed E-state index contributed by atoms with van der Waals surface area (Å²) in [6, 6.07) is -3.20. The second-order valence-electron chi connectivity index (χ2n) is 26.5. The molecule has 0 aliphatic heterocycles. The number of aromatic amines is 2. The zero-order valence-corrected chi connectivity index (χ0v) is 75.2. The number of methoxy groups -OCH3 is 2. The highest BCUT2D eigenvalue weighted by molar-refractivity contribution is 7.57. The monoisotopic (exact) mass is 1800 g/mol. The van der Waals surface area contributed by atoms with Gasteiger partial charge in [0.05, 0.1) is 119 Å². The molecule has 684 valence electrons. The molecule has 8 rings (SSSR count). The minimum absolute atomic E-state index is 0.0128. The average Bonchev–Trinajstić information content (AvgIpc) is 1.66. The van der Waals surface area contributed by atoms with E-state index < -0.39 is 89.2 Å². The number of rotatable bonds is 54. The number of ether oxygens (including phenoxy) is 10. The molecule has 122 heavy (non-hydrogen) atoms. The van der Waals surface area contributed by atoms with Crippen LogP contribution in [0.1, 0.15) is 134 Å². The summed E-state index contributed by atoms with van der Waals surface area (Å²) in [7, 11) is -10.8. The summed E-state index contributed by atoms with van der Waals surface area (Å²) in [5, 5.41) is 10.9. The van der Waals surface area contributed by atoms with Crippen molar-refractivity contribution in [1.82, 2.24) is 98.4 Å². The van der Waals surface area contributed by atoms with Crippen molar-refractivity contribution in [2.75, 3.05) is 142 Å². The molecule has 0 bridgehead atoms. The summed E-state index contributed by atoms with van der Waals surface area (Å²) in [5.74, 6) is -1.36. The van der Waals surface area contributed by atoms with Gasteiger partial charge in [0.25, 0.3) is 41.2 Å². The number of nitrogens with zero attached hydrogens (tertiary/aromatic N) is 14. The van der Waals surface area contributed by atoms with E-state index >= 15 is 0 Å². The summed E-state index contributed by atoms with van der Waals surface area (Å²) < 4.78 is 134. The highest BCUT2D eigenvalue weighted by Gasteiger charge is 2.34. The van der Waals surface area contributed by atoms with Gasteiger partial charge in [0.2, 0.25) is 35.6 Å². The zero-order valence-electron chi connectivity index (χ0n) is 71.6. The van der Waals surface area contributed by atoms with Crippen molar-refractivity contribution >= 4 is 122 Å². The Labute approximate surface area is 705 Å². The lowest BCUT2D eigenvalue weighted by Crippen LogP contribution is -2.35. The first-order valence-corrected chi connectivity index (χ1v) is 47.0. The van der Waals surface area contributed by atoms with Crippen molar-refractivity contribution in [3.05, 3.63) is 46.0 Å². The number of aromatic nitrogens is 16. The van der Waals surface area contributed by atoms with E-state index in [0.717, 1.165) is 51.4 Å². The molecule has 52 heteroatoms. The molecule has 4 unspecified atom stereocenters. The van der Waals surface area contributed by atoms with E-state index in [-0.39, 0.29) is 138 Å². The van der Waals surface area contributed by atoms with Gasteiger partial charge >= 0.3 is 23.9 Å². The minimum Gasteiger partial charge on any atom is -0.479 e. The Kier molecular flexibility index (Phi) is 45.1. The van der Waals surface area contributed by atoms with Gasteiger partial charge in [-0.2, -0.15) is 29.9 Å². The van der Waals surface area contributed by atoms with Crippen LogP contribution < -0.4 is 63.9 Å². The van der Waals surface area contributed by atoms with E-state index in [1.165, 1.54) is 26.9 Å². The normalized spacial score (nSPS) is 14.4. The van der Waals surface area contributed by atoms with Crippen molar-refractivity contribution in [3.8, 4) is 11.8 Å². The number of hydrogen-bond acceptors (Lipinski definition) is 38. The SMILES string of the molecule is CCCCOP(=O)(COCCn1cnc2c(=O)[nH]c(N)nc21)N[C@@H](C)C(=O)OCC.CCCCOP(=O)(COCCn1cnc2c(=O)[nH]c(N)nc21)N[C@H](C)C(=O)OCC.CCCCOP(=O)(COCCn1cnc2c(OC)nc(N)nc21)N[C@@H](C)C(=O)OCC.CCCCOP(=O)(COCCn1cnc2c(OC)nc(N)nc21)N[C@H](C)C(=O)OCC. The van der Waals surface area contributed by atoms with Crippen molar-refractivity contribution < 1.29 is 103 Å². The molecule has 0 spiro atoms. The Morgan fingerprint density at radius 3 is 0.844 bits per heavy atom. The predicted molar refractivity (Wildman–Crippen MR) is 452 cm³/mol. The fraction of sp³-hybridized carbons (Fsp3) is 0.657. The van der Waals surface area contributed by atoms with Crippen LogP contribution in [0.3, 0.4) is 0 Å². The van der Waals surface area contributed by atoms with E-state index in [9.17, 15) is 47.0 Å². The summed E-state index contributed by atoms with van der Waals surface area (Å²) in [4.78, 5) is 117. The van der Waals surface area contributed by atoms with E-state index in [1.54, 1.807) is 86.3 Å². The number of carbonyl (C=O) groups is 4. The summed E-state index contributed by atoms with van der Waals surface area (Å²) in [6.07, 6.45) is 11.6. The molecule has 0 amide bonds. The molecule has 0 aromatic carbocycles. The van der Waals surface area contributed by atoms with Gasteiger partial charge < -0.3 is 107 Å². The summed E-state index contributed by atoms with van der Waals surface area (Å²) >= 11 is 0. The van der Waals surface area contributed by atoms with Gasteiger partial charge in [0, 0.05) is 26.2 Å². The molecular weight excluding hydrogens is 1680 g/mol. The van der Waals surface area contributed by atoms with Gasteiger partial charge in [-0.25, -0.2) is 40.3 Å². The lowest BCUT2D eigenvalue weighted by Gasteiger charge is -2.23. The molecule has 0 aliphatic rings. The molecule has 0 saturated heterocycles. The van der Waals surface area contributed by atoms with Crippen molar-refractivity contribution in [3.63, 3.8) is 0 Å². The Bertz CT molecular complexity index is 4600. The van der Waals surface area contributed by atoms with Crippen LogP contribution in [0.15, 0.2) is 34.9 Å². The maximum absolute atomic E-state index is 13.2. The lowest BCUT2D eigenvalue weighted by molar-refractivity contribution is -0.145. The van der Waals surface area contributed by atoms with Gasteiger partial charge in [0.15, 0.2) is 44.7 Å². The third-order valence-electron chi connectivity index (χ3n) is 16.5. The standard InChI is InChI=1S/2C18H31N6O6P.2C17H29N6O6P/c2*1-5-7-9-30-31(26,23-13(3)17(25)29-6-2)12-28-10-8-24-11-20-14-15(24)21-18(19)22-16(14)27-4;2*1-4-6-8-29-30(26,22-12(3)16(25)28-5-2)11-27-9-7-23-10-19-13-14(23)20-17(18)21-15(13)24/h2*11,13H,5-10,12H2,1-4H3,(H,23,26)(H2,19,21,22);2*10,12H,4-9,11H2,1-3H3,(H,22,26)(H3,18,20,21,24)/t2*13-,31?;2*12-,30?/m1010/s1. The van der Waals surface area contributed by atoms with E-state index in [1.807, 2.05) is 27.7 Å². The number of fused-ring (bicyclic) bond motifs is 4. The van der Waals surface area contributed by atoms with E-state index in [0.29, 0.717) is 73.0 Å². The Morgan fingerprint density at radius 1 is 0.377 bits per heavy atom. The molecule has 0 radical (unpaired) electrons. The molecule has 8 heterocycles. The fourth-order valence-electron chi connectivity index (χ4n) is 10.5. The number of nitrogens with two attached hydrogens (primary N) is 4. The number of imidazole rings is 4. The maximum Gasteiger partial charge on any atom is 0.323 e. The van der Waals surface area contributed by atoms with Gasteiger partial charge in [0.1, 0.15) is 49.6 Å². The zero-order chi connectivity index (χ0) is 90.0. The minimum atomic E-state index is -3.44. The van der Waals surface area contributed by atoms with Crippen LogP contribution in [-0.2, 0) is 120 Å². The summed E-state index contributed by atoms with van der Waals surface area (Å²) in [5.41, 5.74) is 24.7. The van der Waals surface area contributed by atoms with Gasteiger partial charge in [-0.3, -0.25) is 57.0 Å². The van der Waals surface area contributed by atoms with Gasteiger partial charge in [-0.15, -0.1) is 0 Å². The van der Waals surface area contributed by atoms with E-state index in [4.69, 9.17) is 88.4 Å². The number of unbranched alkanes of at least 4 members (excludes halogenated alkanes) is 4. The number of H-pyrrole nitrogens is 2. The molecule has 48 nitrogen and oxygen atoms in total. The first kappa shape index (κ1) is 103. The molecule has 8 aromatic heterocycles. The third-order valence-corrected chi connectivity index (χ3v) is 24.1. The Balaban J connectivity index is 0.000000289. The summed E-state index contributed by atoms with van der Waals surface area (Å²) in [6.45, 7) is 25.1. The molecule has 8 aromatic rings. The molecule has 0 fully saturated rings. The van der Waals surface area contributed by atoms with Gasteiger partial charge in [-0.1, -0.05) is 53.4 Å². The van der Waals surface area contributed by atoms with Crippen LogP contribution in [0.5, 0.6) is 11.8 Å². The molecule has 14 N–H and O–H groups in total. The number of esters is 4. The lowest BCUT2D eigenvalue weighted by atomic mass is 10.4. The number of nitrogen functional groups attached to an aromatic ring is 4. The van der Waals surface area contributed by atoms with Gasteiger partial charge in [-0.05, 0) is 81.1 Å². The van der Waals surface area contributed by atoms with Crippen molar-refractivity contribution in [1.29, 1.82) is 0 Å². The number of carbonyl (C=O) groups excluding carboxylic acids is 4. The van der Waals surface area contributed by atoms with Crippen LogP contribution in [-0.4, -0.2) is 245 Å². The van der Waals surface area contributed by atoms with Crippen LogP contribution in [0, 0.1) is 0 Å². The van der Waals surface area contributed by atoms with Crippen LogP contribution in [0.2, 0.25) is 0 Å². The largest absolute Gasteiger partial charge is 0.479 e. The molecule has 8 atom stereocenters.